The SMILES string of the molecule is O=C(NN=Cc1ccc[nH]1)c1cc(-c2ccccc2)n[nH]1. The summed E-state index contributed by atoms with van der Waals surface area (Å²) in [5.41, 5.74) is 5.27. The van der Waals surface area contributed by atoms with Crippen molar-refractivity contribution in [1.82, 2.24) is 20.6 Å². The largest absolute Gasteiger partial charge is 0.360 e. The van der Waals surface area contributed by atoms with E-state index in [2.05, 4.69) is 25.7 Å². The molecular weight excluding hydrogens is 266 g/mol. The van der Waals surface area contributed by atoms with E-state index in [0.29, 0.717) is 11.4 Å². The van der Waals surface area contributed by atoms with Crippen molar-refractivity contribution in [3.8, 4) is 11.3 Å². The summed E-state index contributed by atoms with van der Waals surface area (Å²) in [5.74, 6) is -0.340. The fourth-order valence-corrected chi connectivity index (χ4v) is 1.84. The van der Waals surface area contributed by atoms with Crippen LogP contribution in [0.2, 0.25) is 0 Å². The van der Waals surface area contributed by atoms with Gasteiger partial charge in [-0.25, -0.2) is 5.43 Å². The second kappa shape index (κ2) is 5.87. The highest BCUT2D eigenvalue weighted by atomic mass is 16.2. The minimum Gasteiger partial charge on any atom is -0.360 e. The molecule has 0 saturated heterocycles. The minimum absolute atomic E-state index is 0.340. The van der Waals surface area contributed by atoms with Gasteiger partial charge < -0.3 is 4.98 Å². The summed E-state index contributed by atoms with van der Waals surface area (Å²) < 4.78 is 0. The Morgan fingerprint density at radius 1 is 1.19 bits per heavy atom. The topological polar surface area (TPSA) is 85.9 Å². The van der Waals surface area contributed by atoms with Gasteiger partial charge in [0, 0.05) is 11.8 Å². The smallest absolute Gasteiger partial charge is 0.289 e. The van der Waals surface area contributed by atoms with Crippen LogP contribution in [0.5, 0.6) is 0 Å². The number of aromatic nitrogens is 3. The van der Waals surface area contributed by atoms with Crippen LogP contribution in [-0.2, 0) is 0 Å². The van der Waals surface area contributed by atoms with Crippen LogP contribution < -0.4 is 5.43 Å². The number of H-pyrrole nitrogens is 2. The molecule has 2 aromatic heterocycles. The van der Waals surface area contributed by atoms with E-state index < -0.39 is 0 Å². The first kappa shape index (κ1) is 12.9. The molecule has 0 aliphatic heterocycles. The molecule has 2 heterocycles. The average Bonchev–Trinajstić information content (AvgIpc) is 3.20. The Morgan fingerprint density at radius 2 is 2.05 bits per heavy atom. The molecule has 0 radical (unpaired) electrons. The summed E-state index contributed by atoms with van der Waals surface area (Å²) >= 11 is 0. The van der Waals surface area contributed by atoms with Gasteiger partial charge in [-0.2, -0.15) is 10.2 Å². The second-order valence-electron chi connectivity index (χ2n) is 4.36. The molecule has 0 bridgehead atoms. The van der Waals surface area contributed by atoms with Crippen molar-refractivity contribution in [1.29, 1.82) is 0 Å². The first-order valence-corrected chi connectivity index (χ1v) is 6.40. The van der Waals surface area contributed by atoms with Gasteiger partial charge in [-0.1, -0.05) is 30.3 Å². The third-order valence-electron chi connectivity index (χ3n) is 2.88. The second-order valence-corrected chi connectivity index (χ2v) is 4.36. The summed E-state index contributed by atoms with van der Waals surface area (Å²) in [5, 5.41) is 10.7. The van der Waals surface area contributed by atoms with Gasteiger partial charge >= 0.3 is 0 Å². The van der Waals surface area contributed by atoms with Crippen LogP contribution in [0.25, 0.3) is 11.3 Å². The Morgan fingerprint density at radius 3 is 2.81 bits per heavy atom. The van der Waals surface area contributed by atoms with Crippen LogP contribution in [0.3, 0.4) is 0 Å². The number of hydrogen-bond acceptors (Lipinski definition) is 3. The fraction of sp³-hybridized carbons (Fsp3) is 0. The molecule has 0 aliphatic carbocycles. The lowest BCUT2D eigenvalue weighted by atomic mass is 10.1. The summed E-state index contributed by atoms with van der Waals surface area (Å²) in [6.45, 7) is 0. The van der Waals surface area contributed by atoms with Gasteiger partial charge in [0.15, 0.2) is 0 Å². The fourth-order valence-electron chi connectivity index (χ4n) is 1.84. The number of nitrogens with zero attached hydrogens (tertiary/aromatic N) is 2. The van der Waals surface area contributed by atoms with Crippen molar-refractivity contribution in [3.63, 3.8) is 0 Å². The first-order chi connectivity index (χ1) is 10.3. The molecule has 104 valence electrons. The monoisotopic (exact) mass is 279 g/mol. The standard InChI is InChI=1S/C15H13N5O/c21-15(20-17-10-12-7-4-8-16-12)14-9-13(18-19-14)11-5-2-1-3-6-11/h1-10,16H,(H,18,19)(H,20,21). The van der Waals surface area contributed by atoms with E-state index in [1.165, 1.54) is 6.21 Å². The van der Waals surface area contributed by atoms with Crippen LogP contribution in [-0.4, -0.2) is 27.3 Å². The Balaban J connectivity index is 1.67. The lowest BCUT2D eigenvalue weighted by Gasteiger charge is -1.94. The van der Waals surface area contributed by atoms with Gasteiger partial charge in [0.1, 0.15) is 5.69 Å². The van der Waals surface area contributed by atoms with Crippen LogP contribution in [0, 0.1) is 0 Å². The van der Waals surface area contributed by atoms with Gasteiger partial charge in [0.2, 0.25) is 0 Å². The van der Waals surface area contributed by atoms with E-state index in [4.69, 9.17) is 0 Å². The molecule has 6 heteroatoms. The summed E-state index contributed by atoms with van der Waals surface area (Å²) in [7, 11) is 0. The van der Waals surface area contributed by atoms with E-state index in [9.17, 15) is 4.79 Å². The number of carbonyl (C=O) groups is 1. The summed E-state index contributed by atoms with van der Waals surface area (Å²) in [6.07, 6.45) is 3.32. The lowest BCUT2D eigenvalue weighted by molar-refractivity contribution is 0.0950. The maximum Gasteiger partial charge on any atom is 0.289 e. The van der Waals surface area contributed by atoms with E-state index in [1.54, 1.807) is 12.3 Å². The highest BCUT2D eigenvalue weighted by Crippen LogP contribution is 2.16. The van der Waals surface area contributed by atoms with Crippen LogP contribution >= 0.6 is 0 Å². The molecule has 21 heavy (non-hydrogen) atoms. The number of amides is 1. The Bertz CT molecular complexity index is 743. The average molecular weight is 279 g/mol. The van der Waals surface area contributed by atoms with E-state index in [-0.39, 0.29) is 5.91 Å². The number of aromatic amines is 2. The molecule has 0 saturated carbocycles. The van der Waals surface area contributed by atoms with Crippen LogP contribution in [0.4, 0.5) is 0 Å². The predicted molar refractivity (Wildman–Crippen MR) is 79.9 cm³/mol. The molecule has 0 fully saturated rings. The van der Waals surface area contributed by atoms with Crippen molar-refractivity contribution in [2.24, 2.45) is 5.10 Å². The van der Waals surface area contributed by atoms with Crippen molar-refractivity contribution in [2.45, 2.75) is 0 Å². The van der Waals surface area contributed by atoms with Crippen LogP contribution in [0.1, 0.15) is 16.2 Å². The molecule has 6 nitrogen and oxygen atoms in total. The molecule has 0 aliphatic rings. The third-order valence-corrected chi connectivity index (χ3v) is 2.88. The van der Waals surface area contributed by atoms with Gasteiger partial charge in [0.25, 0.3) is 5.91 Å². The van der Waals surface area contributed by atoms with Crippen molar-refractivity contribution < 1.29 is 4.79 Å². The lowest BCUT2D eigenvalue weighted by Crippen LogP contribution is -2.18. The molecule has 0 spiro atoms. The molecular formula is C15H13N5O. The number of benzene rings is 1. The number of hydrogen-bond donors (Lipinski definition) is 3. The molecule has 0 atom stereocenters. The van der Waals surface area contributed by atoms with E-state index in [1.807, 2.05) is 42.5 Å². The molecule has 0 unspecified atom stereocenters. The zero-order chi connectivity index (χ0) is 14.5. The van der Waals surface area contributed by atoms with E-state index in [0.717, 1.165) is 11.3 Å². The normalized spacial score (nSPS) is 10.9. The number of carbonyl (C=O) groups excluding carboxylic acids is 1. The van der Waals surface area contributed by atoms with Gasteiger partial charge in [0.05, 0.1) is 17.6 Å². The predicted octanol–water partition coefficient (Wildman–Crippen LogP) is 2.17. The molecule has 1 amide bonds. The molecule has 3 N–H and O–H groups in total. The maximum atomic E-state index is 11.9. The minimum atomic E-state index is -0.340. The van der Waals surface area contributed by atoms with Crippen LogP contribution in [0.15, 0.2) is 59.8 Å². The first-order valence-electron chi connectivity index (χ1n) is 6.40. The zero-order valence-corrected chi connectivity index (χ0v) is 11.1. The quantitative estimate of drug-likeness (QED) is 0.505. The summed E-state index contributed by atoms with van der Waals surface area (Å²) in [6, 6.07) is 15.0. The Labute approximate surface area is 120 Å². The van der Waals surface area contributed by atoms with Crippen molar-refractivity contribution in [2.75, 3.05) is 0 Å². The zero-order valence-electron chi connectivity index (χ0n) is 11.1. The number of nitrogens with one attached hydrogen (secondary N) is 3. The van der Waals surface area contributed by atoms with Crippen molar-refractivity contribution in [3.05, 3.63) is 66.1 Å². The highest BCUT2D eigenvalue weighted by Gasteiger charge is 2.09. The Hall–Kier alpha value is -3.15. The molecule has 3 aromatic rings. The Kier molecular flexibility index (Phi) is 3.60. The van der Waals surface area contributed by atoms with Crippen molar-refractivity contribution >= 4 is 12.1 Å². The number of rotatable bonds is 4. The maximum absolute atomic E-state index is 11.9. The highest BCUT2D eigenvalue weighted by molar-refractivity contribution is 5.93. The van der Waals surface area contributed by atoms with Gasteiger partial charge in [-0.05, 0) is 18.2 Å². The van der Waals surface area contributed by atoms with Gasteiger partial charge in [-0.3, -0.25) is 9.89 Å². The molecule has 1 aromatic carbocycles. The van der Waals surface area contributed by atoms with E-state index >= 15 is 0 Å². The van der Waals surface area contributed by atoms with Gasteiger partial charge in [-0.15, -0.1) is 0 Å². The summed E-state index contributed by atoms with van der Waals surface area (Å²) in [4.78, 5) is 14.9. The number of hydrazone groups is 1. The third kappa shape index (κ3) is 3.06. The molecule has 3 rings (SSSR count).